The number of aromatic nitrogens is 1. The second-order valence-corrected chi connectivity index (χ2v) is 9.81. The van der Waals surface area contributed by atoms with E-state index in [-0.39, 0.29) is 16.8 Å². The molecule has 7 nitrogen and oxygen atoms in total. The van der Waals surface area contributed by atoms with Crippen LogP contribution < -0.4 is 10.0 Å². The van der Waals surface area contributed by atoms with Gasteiger partial charge in [-0.15, -0.1) is 0 Å². The van der Waals surface area contributed by atoms with Crippen molar-refractivity contribution < 1.29 is 17.7 Å². The van der Waals surface area contributed by atoms with E-state index < -0.39 is 10.0 Å². The molecule has 0 saturated heterocycles. The van der Waals surface area contributed by atoms with Crippen molar-refractivity contribution in [3.63, 3.8) is 0 Å². The molecule has 1 aromatic carbocycles. The zero-order chi connectivity index (χ0) is 21.9. The predicted octanol–water partition coefficient (Wildman–Crippen LogP) is 4.28. The summed E-state index contributed by atoms with van der Waals surface area (Å²) in [5.41, 5.74) is 2.48. The summed E-state index contributed by atoms with van der Waals surface area (Å²) in [7, 11) is -3.61. The molecule has 162 valence electrons. The molecule has 3 rings (SSSR count). The highest BCUT2D eigenvalue weighted by molar-refractivity contribution is 7.89. The van der Waals surface area contributed by atoms with Crippen molar-refractivity contribution >= 4 is 33.8 Å². The molecule has 0 unspecified atom stereocenters. The number of hydrogen-bond donors (Lipinski definition) is 2. The molecule has 1 amide bonds. The van der Waals surface area contributed by atoms with Gasteiger partial charge >= 0.3 is 0 Å². The number of amides is 1. The smallest absolute Gasteiger partial charge is 0.241 e. The van der Waals surface area contributed by atoms with Gasteiger partial charge in [-0.3, -0.25) is 4.79 Å². The number of hydrogen-bond acceptors (Lipinski definition) is 5. The molecular formula is C22H29N3O4S. The highest BCUT2D eigenvalue weighted by Gasteiger charge is 2.25. The lowest BCUT2D eigenvalue weighted by molar-refractivity contribution is -0.114. The molecule has 1 saturated carbocycles. The summed E-state index contributed by atoms with van der Waals surface area (Å²) in [5, 5.41) is 6.58. The van der Waals surface area contributed by atoms with E-state index in [2.05, 4.69) is 22.1 Å². The Morgan fingerprint density at radius 3 is 2.53 bits per heavy atom. The maximum absolute atomic E-state index is 13.0. The van der Waals surface area contributed by atoms with Crippen molar-refractivity contribution in [3.8, 4) is 0 Å². The van der Waals surface area contributed by atoms with E-state index in [9.17, 15) is 13.2 Å². The third kappa shape index (κ3) is 5.37. The molecule has 0 aliphatic heterocycles. The lowest BCUT2D eigenvalue weighted by Gasteiger charge is -2.27. The van der Waals surface area contributed by atoms with Crippen molar-refractivity contribution in [2.45, 2.75) is 64.3 Å². The van der Waals surface area contributed by atoms with Gasteiger partial charge in [-0.05, 0) is 68.7 Å². The van der Waals surface area contributed by atoms with Crippen LogP contribution in [-0.4, -0.2) is 25.5 Å². The molecule has 8 heteroatoms. The van der Waals surface area contributed by atoms with Gasteiger partial charge in [0.1, 0.15) is 11.4 Å². The summed E-state index contributed by atoms with van der Waals surface area (Å²) < 4.78 is 34.1. The second kappa shape index (κ2) is 9.14. The third-order valence-corrected chi connectivity index (χ3v) is 7.12. The van der Waals surface area contributed by atoms with Gasteiger partial charge in [0, 0.05) is 13.0 Å². The average Bonchev–Trinajstić information content (AvgIpc) is 3.02. The minimum absolute atomic E-state index is 0.0119. The van der Waals surface area contributed by atoms with Crippen LogP contribution in [0.2, 0.25) is 0 Å². The zero-order valence-corrected chi connectivity index (χ0v) is 18.7. The number of aryl methyl sites for hydroxylation is 2. The second-order valence-electron chi connectivity index (χ2n) is 8.12. The number of nitrogens with one attached hydrogen (secondary N) is 2. The van der Waals surface area contributed by atoms with E-state index in [0.717, 1.165) is 25.7 Å². The first-order valence-electron chi connectivity index (χ1n) is 10.2. The fourth-order valence-electron chi connectivity index (χ4n) is 3.67. The van der Waals surface area contributed by atoms with Gasteiger partial charge in [0.05, 0.1) is 4.90 Å². The van der Waals surface area contributed by atoms with Gasteiger partial charge in [0.2, 0.25) is 15.9 Å². The Kier molecular flexibility index (Phi) is 6.77. The summed E-state index contributed by atoms with van der Waals surface area (Å²) in [6.45, 7) is 7.15. The van der Waals surface area contributed by atoms with Crippen LogP contribution in [0.4, 0.5) is 5.69 Å². The van der Waals surface area contributed by atoms with Crippen molar-refractivity contribution in [1.29, 1.82) is 0 Å². The summed E-state index contributed by atoms with van der Waals surface area (Å²) in [6, 6.07) is 5.27. The Morgan fingerprint density at radius 2 is 1.87 bits per heavy atom. The quantitative estimate of drug-likeness (QED) is 0.711. The molecule has 1 heterocycles. The molecule has 0 atom stereocenters. The van der Waals surface area contributed by atoms with Crippen molar-refractivity contribution in [2.24, 2.45) is 5.92 Å². The molecule has 2 N–H and O–H groups in total. The van der Waals surface area contributed by atoms with E-state index in [1.807, 2.05) is 6.07 Å². The Morgan fingerprint density at radius 1 is 1.17 bits per heavy atom. The fourth-order valence-corrected chi connectivity index (χ4v) is 5.26. The van der Waals surface area contributed by atoms with Crippen LogP contribution in [0.5, 0.6) is 0 Å². The molecule has 0 spiro atoms. The fraction of sp³-hybridized carbons (Fsp3) is 0.455. The molecule has 1 fully saturated rings. The molecule has 1 aliphatic carbocycles. The van der Waals surface area contributed by atoms with Crippen LogP contribution in [0.15, 0.2) is 27.6 Å². The molecule has 30 heavy (non-hydrogen) atoms. The molecule has 0 radical (unpaired) electrons. The van der Waals surface area contributed by atoms with Crippen molar-refractivity contribution in [2.75, 3.05) is 5.32 Å². The topological polar surface area (TPSA) is 101 Å². The number of nitrogens with zero attached hydrogens (tertiary/aromatic N) is 1. The average molecular weight is 432 g/mol. The van der Waals surface area contributed by atoms with E-state index in [1.165, 1.54) is 6.92 Å². The van der Waals surface area contributed by atoms with Crippen molar-refractivity contribution in [1.82, 2.24) is 9.88 Å². The van der Waals surface area contributed by atoms with Gasteiger partial charge in [-0.2, -0.15) is 0 Å². The largest absolute Gasteiger partial charge is 0.354 e. The Labute approximate surface area is 178 Å². The Bertz CT molecular complexity index is 1050. The minimum Gasteiger partial charge on any atom is -0.354 e. The summed E-state index contributed by atoms with van der Waals surface area (Å²) >= 11 is 0. The van der Waals surface area contributed by atoms with Crippen LogP contribution >= 0.6 is 0 Å². The molecule has 0 bridgehead atoms. The van der Waals surface area contributed by atoms with Crippen LogP contribution in [0, 0.1) is 19.8 Å². The van der Waals surface area contributed by atoms with Crippen LogP contribution in [0.25, 0.3) is 12.2 Å². The first-order valence-corrected chi connectivity index (χ1v) is 11.7. The first-order chi connectivity index (χ1) is 14.2. The van der Waals surface area contributed by atoms with Gasteiger partial charge in [0.25, 0.3) is 0 Å². The third-order valence-electron chi connectivity index (χ3n) is 5.46. The number of carbonyl (C=O) groups excluding carboxylic acids is 1. The highest BCUT2D eigenvalue weighted by atomic mass is 32.2. The van der Waals surface area contributed by atoms with E-state index in [4.69, 9.17) is 4.52 Å². The van der Waals surface area contributed by atoms with Gasteiger partial charge in [-0.1, -0.05) is 30.3 Å². The number of rotatable bonds is 6. The van der Waals surface area contributed by atoms with Crippen molar-refractivity contribution in [3.05, 3.63) is 40.8 Å². The van der Waals surface area contributed by atoms with E-state index in [0.29, 0.717) is 34.2 Å². The Balaban J connectivity index is 1.82. The summed E-state index contributed by atoms with van der Waals surface area (Å²) in [4.78, 5) is 11.7. The van der Waals surface area contributed by atoms with Crippen LogP contribution in [0.1, 0.15) is 62.1 Å². The normalized spacial score (nSPS) is 19.9. The monoisotopic (exact) mass is 431 g/mol. The highest BCUT2D eigenvalue weighted by Crippen LogP contribution is 2.27. The van der Waals surface area contributed by atoms with Gasteiger partial charge in [0.15, 0.2) is 5.76 Å². The summed E-state index contributed by atoms with van der Waals surface area (Å²) in [5.74, 6) is 0.841. The number of carbonyl (C=O) groups is 1. The maximum atomic E-state index is 13.0. The minimum atomic E-state index is -3.61. The first kappa shape index (κ1) is 22.2. The number of sulfonamides is 1. The predicted molar refractivity (Wildman–Crippen MR) is 117 cm³/mol. The molecular weight excluding hydrogens is 402 g/mol. The summed E-state index contributed by atoms with van der Waals surface area (Å²) in [6.07, 6.45) is 7.24. The van der Waals surface area contributed by atoms with E-state index >= 15 is 0 Å². The molecule has 2 aromatic rings. The van der Waals surface area contributed by atoms with Gasteiger partial charge in [-0.25, -0.2) is 13.1 Å². The number of benzene rings is 1. The lowest BCUT2D eigenvalue weighted by Crippen LogP contribution is -2.37. The lowest BCUT2D eigenvalue weighted by atomic mass is 9.88. The SMILES string of the molecule is CC(=O)Nc1c(C)noc1C=Cc1ccc(C)c(S(=O)(=O)NC2CCC(C)CC2)c1. The maximum Gasteiger partial charge on any atom is 0.241 e. The zero-order valence-electron chi connectivity index (χ0n) is 17.9. The standard InChI is InChI=1S/C22H29N3O4S/c1-14-5-10-19(11-6-14)25-30(27,28)21-13-18(8-7-15(21)2)9-12-20-22(23-17(4)26)16(3)24-29-20/h7-9,12-14,19,25H,5-6,10-11H2,1-4H3,(H,23,26). The molecule has 1 aliphatic rings. The van der Waals surface area contributed by atoms with E-state index in [1.54, 1.807) is 38.1 Å². The van der Waals surface area contributed by atoms with Crippen LogP contribution in [0.3, 0.4) is 0 Å². The van der Waals surface area contributed by atoms with Crippen LogP contribution in [-0.2, 0) is 14.8 Å². The number of anilines is 1. The Hall–Kier alpha value is -2.45. The van der Waals surface area contributed by atoms with Gasteiger partial charge < -0.3 is 9.84 Å². The molecule has 1 aromatic heterocycles.